The van der Waals surface area contributed by atoms with Crippen LogP contribution in [0.2, 0.25) is 0 Å². The highest BCUT2D eigenvalue weighted by Crippen LogP contribution is 2.33. The standard InChI is InChI=1S/C13H16BrNO5S/c1-21(18,19)11-4-2-3-10(8-11)20-13-7-9(15(16)17)5-6-12(13)14/h5-7,10-11H,2-4,8H2,1H3. The van der Waals surface area contributed by atoms with E-state index in [4.69, 9.17) is 4.74 Å². The number of rotatable bonds is 4. The zero-order chi connectivity index (χ0) is 15.6. The molecule has 1 fully saturated rings. The zero-order valence-electron chi connectivity index (χ0n) is 11.5. The third kappa shape index (κ3) is 4.16. The van der Waals surface area contributed by atoms with Crippen LogP contribution in [0.5, 0.6) is 5.75 Å². The third-order valence-electron chi connectivity index (χ3n) is 3.60. The number of hydrogen-bond donors (Lipinski definition) is 0. The molecule has 0 aromatic heterocycles. The molecule has 116 valence electrons. The predicted octanol–water partition coefficient (Wildman–Crippen LogP) is 3.09. The van der Waals surface area contributed by atoms with Crippen LogP contribution in [0.4, 0.5) is 5.69 Å². The number of sulfone groups is 1. The topological polar surface area (TPSA) is 86.5 Å². The van der Waals surface area contributed by atoms with Crippen LogP contribution < -0.4 is 4.74 Å². The van der Waals surface area contributed by atoms with Gasteiger partial charge in [0.2, 0.25) is 0 Å². The maximum Gasteiger partial charge on any atom is 0.273 e. The van der Waals surface area contributed by atoms with Crippen LogP contribution in [0.25, 0.3) is 0 Å². The molecule has 1 aromatic carbocycles. The second-order valence-electron chi connectivity index (χ2n) is 5.23. The lowest BCUT2D eigenvalue weighted by Gasteiger charge is -2.28. The summed E-state index contributed by atoms with van der Waals surface area (Å²) in [7, 11) is -3.08. The van der Waals surface area contributed by atoms with Gasteiger partial charge >= 0.3 is 0 Å². The number of nitro groups is 1. The minimum Gasteiger partial charge on any atom is -0.489 e. The van der Waals surface area contributed by atoms with Crippen molar-refractivity contribution < 1.29 is 18.1 Å². The minimum absolute atomic E-state index is 0.0522. The van der Waals surface area contributed by atoms with Crippen molar-refractivity contribution >= 4 is 31.5 Å². The Morgan fingerprint density at radius 3 is 2.71 bits per heavy atom. The molecule has 0 bridgehead atoms. The summed E-state index contributed by atoms with van der Waals surface area (Å²) in [4.78, 5) is 10.3. The van der Waals surface area contributed by atoms with Gasteiger partial charge in [-0.05, 0) is 41.3 Å². The fraction of sp³-hybridized carbons (Fsp3) is 0.538. The number of nitrogens with zero attached hydrogens (tertiary/aromatic N) is 1. The Morgan fingerprint density at radius 2 is 2.10 bits per heavy atom. The summed E-state index contributed by atoms with van der Waals surface area (Å²) in [6.07, 6.45) is 3.60. The summed E-state index contributed by atoms with van der Waals surface area (Å²) >= 11 is 3.30. The number of ether oxygens (including phenoxy) is 1. The first-order valence-electron chi connectivity index (χ1n) is 6.57. The quantitative estimate of drug-likeness (QED) is 0.594. The van der Waals surface area contributed by atoms with Crippen molar-refractivity contribution in [2.75, 3.05) is 6.26 Å². The summed E-state index contributed by atoms with van der Waals surface area (Å²) < 4.78 is 29.7. The number of non-ortho nitro benzene ring substituents is 1. The Kier molecular flexibility index (Phi) is 4.88. The van der Waals surface area contributed by atoms with Gasteiger partial charge in [-0.25, -0.2) is 8.42 Å². The van der Waals surface area contributed by atoms with Gasteiger partial charge in [0.05, 0.1) is 20.7 Å². The smallest absolute Gasteiger partial charge is 0.273 e. The lowest BCUT2D eigenvalue weighted by atomic mass is 9.97. The molecule has 1 aliphatic rings. The Bertz CT molecular complexity index is 646. The first-order chi connectivity index (χ1) is 9.77. The van der Waals surface area contributed by atoms with Gasteiger partial charge in [-0.2, -0.15) is 0 Å². The number of hydrogen-bond acceptors (Lipinski definition) is 5. The van der Waals surface area contributed by atoms with Crippen molar-refractivity contribution in [3.05, 3.63) is 32.8 Å². The van der Waals surface area contributed by atoms with Crippen LogP contribution in [-0.2, 0) is 9.84 Å². The molecule has 2 unspecified atom stereocenters. The molecule has 0 saturated heterocycles. The van der Waals surface area contributed by atoms with E-state index in [0.29, 0.717) is 23.1 Å². The van der Waals surface area contributed by atoms with Crippen LogP contribution >= 0.6 is 15.9 Å². The highest BCUT2D eigenvalue weighted by Gasteiger charge is 2.30. The highest BCUT2D eigenvalue weighted by molar-refractivity contribution is 9.10. The Labute approximate surface area is 131 Å². The van der Waals surface area contributed by atoms with E-state index in [2.05, 4.69) is 15.9 Å². The molecule has 0 radical (unpaired) electrons. The Hall–Kier alpha value is -1.15. The molecular weight excluding hydrogens is 362 g/mol. The van der Waals surface area contributed by atoms with Crippen LogP contribution in [0, 0.1) is 10.1 Å². The fourth-order valence-electron chi connectivity index (χ4n) is 2.47. The number of benzene rings is 1. The van der Waals surface area contributed by atoms with Crippen molar-refractivity contribution in [3.8, 4) is 5.75 Å². The number of nitro benzene ring substituents is 1. The first kappa shape index (κ1) is 16.2. The maximum atomic E-state index is 11.6. The molecule has 2 rings (SSSR count). The zero-order valence-corrected chi connectivity index (χ0v) is 13.9. The molecule has 0 heterocycles. The van der Waals surface area contributed by atoms with E-state index in [0.717, 1.165) is 12.8 Å². The highest BCUT2D eigenvalue weighted by atomic mass is 79.9. The van der Waals surface area contributed by atoms with Crippen LogP contribution in [0.15, 0.2) is 22.7 Å². The summed E-state index contributed by atoms with van der Waals surface area (Å²) in [5, 5.41) is 10.4. The van der Waals surface area contributed by atoms with Crippen molar-refractivity contribution in [3.63, 3.8) is 0 Å². The van der Waals surface area contributed by atoms with Gasteiger partial charge in [-0.1, -0.05) is 0 Å². The van der Waals surface area contributed by atoms with E-state index < -0.39 is 20.0 Å². The van der Waals surface area contributed by atoms with Crippen molar-refractivity contribution in [1.82, 2.24) is 0 Å². The molecule has 6 nitrogen and oxygen atoms in total. The molecule has 21 heavy (non-hydrogen) atoms. The van der Waals surface area contributed by atoms with Crippen LogP contribution in [0.3, 0.4) is 0 Å². The van der Waals surface area contributed by atoms with Crippen LogP contribution in [-0.4, -0.2) is 31.0 Å². The predicted molar refractivity (Wildman–Crippen MR) is 82.3 cm³/mol. The average Bonchev–Trinajstić information content (AvgIpc) is 2.40. The van der Waals surface area contributed by atoms with Crippen molar-refractivity contribution in [2.45, 2.75) is 37.0 Å². The molecular formula is C13H16BrNO5S. The normalized spacial score (nSPS) is 22.8. The molecule has 1 aromatic rings. The van der Waals surface area contributed by atoms with Crippen molar-refractivity contribution in [2.24, 2.45) is 0 Å². The van der Waals surface area contributed by atoms with Gasteiger partial charge in [0.1, 0.15) is 21.7 Å². The lowest BCUT2D eigenvalue weighted by molar-refractivity contribution is -0.385. The molecule has 1 saturated carbocycles. The largest absolute Gasteiger partial charge is 0.489 e. The van der Waals surface area contributed by atoms with Gasteiger partial charge < -0.3 is 4.74 Å². The van der Waals surface area contributed by atoms with Gasteiger partial charge in [-0.15, -0.1) is 0 Å². The third-order valence-corrected chi connectivity index (χ3v) is 5.90. The minimum atomic E-state index is -3.08. The molecule has 0 amide bonds. The Balaban J connectivity index is 2.14. The van der Waals surface area contributed by atoms with E-state index >= 15 is 0 Å². The van der Waals surface area contributed by atoms with Crippen LogP contribution in [0.1, 0.15) is 25.7 Å². The average molecular weight is 378 g/mol. The summed E-state index contributed by atoms with van der Waals surface area (Å²) in [6, 6.07) is 4.30. The lowest BCUT2D eigenvalue weighted by Crippen LogP contribution is -2.33. The molecule has 0 N–H and O–H groups in total. The van der Waals surface area contributed by atoms with E-state index in [1.165, 1.54) is 18.4 Å². The second-order valence-corrected chi connectivity index (χ2v) is 8.41. The van der Waals surface area contributed by atoms with Gasteiger partial charge in [0.15, 0.2) is 0 Å². The van der Waals surface area contributed by atoms with E-state index in [1.54, 1.807) is 6.07 Å². The second kappa shape index (κ2) is 6.31. The van der Waals surface area contributed by atoms with Gasteiger partial charge in [-0.3, -0.25) is 10.1 Å². The monoisotopic (exact) mass is 377 g/mol. The van der Waals surface area contributed by atoms with E-state index in [9.17, 15) is 18.5 Å². The first-order valence-corrected chi connectivity index (χ1v) is 9.31. The fourth-order valence-corrected chi connectivity index (χ4v) is 3.97. The summed E-state index contributed by atoms with van der Waals surface area (Å²) in [5.41, 5.74) is -0.0522. The summed E-state index contributed by atoms with van der Waals surface area (Å²) in [6.45, 7) is 0. The molecule has 1 aliphatic carbocycles. The van der Waals surface area contributed by atoms with E-state index in [-0.39, 0.29) is 11.8 Å². The molecule has 0 spiro atoms. The van der Waals surface area contributed by atoms with Gasteiger partial charge in [0, 0.05) is 18.7 Å². The molecule has 2 atom stereocenters. The van der Waals surface area contributed by atoms with Crippen molar-refractivity contribution in [1.29, 1.82) is 0 Å². The van der Waals surface area contributed by atoms with E-state index in [1.807, 2.05) is 0 Å². The Morgan fingerprint density at radius 1 is 1.38 bits per heavy atom. The summed E-state index contributed by atoms with van der Waals surface area (Å²) in [5.74, 6) is 0.378. The SMILES string of the molecule is CS(=O)(=O)C1CCCC(Oc2cc([N+](=O)[O-])ccc2Br)C1. The molecule has 8 heteroatoms. The van der Waals surface area contributed by atoms with Gasteiger partial charge in [0.25, 0.3) is 5.69 Å². The maximum absolute atomic E-state index is 11.6. The molecule has 0 aliphatic heterocycles. The number of halogens is 1.